The maximum absolute atomic E-state index is 12.0. The second-order valence-electron chi connectivity index (χ2n) is 5.99. The zero-order valence-electron chi connectivity index (χ0n) is 11.0. The quantitative estimate of drug-likeness (QED) is 0.761. The van der Waals surface area contributed by atoms with E-state index >= 15 is 0 Å². The van der Waals surface area contributed by atoms with Crippen LogP contribution in [0.5, 0.6) is 0 Å². The number of rotatable bonds is 1. The van der Waals surface area contributed by atoms with E-state index in [0.29, 0.717) is 24.7 Å². The van der Waals surface area contributed by atoms with Crippen molar-refractivity contribution in [3.05, 3.63) is 0 Å². The van der Waals surface area contributed by atoms with E-state index in [1.54, 1.807) is 0 Å². The molecule has 1 N–H and O–H groups in total. The topological polar surface area (TPSA) is 41.6 Å². The van der Waals surface area contributed by atoms with E-state index in [0.717, 1.165) is 25.9 Å². The molecule has 2 fully saturated rings. The first-order valence-corrected chi connectivity index (χ1v) is 6.70. The second-order valence-corrected chi connectivity index (χ2v) is 5.99. The molecule has 0 unspecified atom stereocenters. The van der Waals surface area contributed by atoms with Gasteiger partial charge in [-0.25, -0.2) is 4.79 Å². The van der Waals surface area contributed by atoms with Gasteiger partial charge in [-0.15, -0.1) is 0 Å². The third-order valence-electron chi connectivity index (χ3n) is 3.97. The van der Waals surface area contributed by atoms with Crippen molar-refractivity contribution in [2.24, 2.45) is 5.41 Å². The minimum absolute atomic E-state index is 0.0954. The van der Waals surface area contributed by atoms with Crippen LogP contribution in [0.15, 0.2) is 0 Å². The van der Waals surface area contributed by atoms with Crippen molar-refractivity contribution in [3.8, 4) is 0 Å². The Labute approximate surface area is 104 Å². The summed E-state index contributed by atoms with van der Waals surface area (Å²) in [6.45, 7) is 7.42. The van der Waals surface area contributed by atoms with E-state index in [1.165, 1.54) is 12.8 Å². The molecule has 1 aliphatic carbocycles. The minimum atomic E-state index is 0.0954. The molecule has 0 aromatic carbocycles. The van der Waals surface area contributed by atoms with Crippen LogP contribution >= 0.6 is 0 Å². The average molecular weight is 240 g/mol. The molecular weight excluding hydrogens is 216 g/mol. The highest BCUT2D eigenvalue weighted by atomic mass is 16.5. The Kier molecular flexibility index (Phi) is 3.92. The second kappa shape index (κ2) is 5.25. The Hall–Kier alpha value is -0.770. The molecule has 4 heteroatoms. The number of carbonyl (C=O) groups is 1. The predicted molar refractivity (Wildman–Crippen MR) is 67.0 cm³/mol. The Bertz CT molecular complexity index is 263. The number of morpholine rings is 1. The van der Waals surface area contributed by atoms with Crippen molar-refractivity contribution in [1.29, 1.82) is 0 Å². The van der Waals surface area contributed by atoms with E-state index in [9.17, 15) is 4.79 Å². The molecule has 98 valence electrons. The lowest BCUT2D eigenvalue weighted by Crippen LogP contribution is -2.50. The molecule has 4 nitrogen and oxygen atoms in total. The van der Waals surface area contributed by atoms with Crippen LogP contribution in [0.25, 0.3) is 0 Å². The molecule has 0 aromatic heterocycles. The summed E-state index contributed by atoms with van der Waals surface area (Å²) in [6.07, 6.45) is 4.65. The smallest absolute Gasteiger partial charge is 0.317 e. The van der Waals surface area contributed by atoms with Gasteiger partial charge in [-0.3, -0.25) is 0 Å². The van der Waals surface area contributed by atoms with Gasteiger partial charge in [0.05, 0.1) is 13.2 Å². The van der Waals surface area contributed by atoms with Gasteiger partial charge in [-0.2, -0.15) is 0 Å². The Balaban J connectivity index is 1.75. The molecule has 1 saturated heterocycles. The molecule has 0 aromatic rings. The van der Waals surface area contributed by atoms with Gasteiger partial charge in [-0.05, 0) is 31.1 Å². The molecular formula is C13H24N2O2. The van der Waals surface area contributed by atoms with Crippen molar-refractivity contribution in [3.63, 3.8) is 0 Å². The summed E-state index contributed by atoms with van der Waals surface area (Å²) in [5.41, 5.74) is 0.459. The fraction of sp³-hybridized carbons (Fsp3) is 0.923. The third kappa shape index (κ3) is 3.60. The number of hydrogen-bond acceptors (Lipinski definition) is 2. The van der Waals surface area contributed by atoms with Crippen molar-refractivity contribution in [1.82, 2.24) is 10.2 Å². The third-order valence-corrected chi connectivity index (χ3v) is 3.97. The number of nitrogens with one attached hydrogen (secondary N) is 1. The first-order valence-electron chi connectivity index (χ1n) is 6.70. The highest BCUT2D eigenvalue weighted by Gasteiger charge is 2.28. The van der Waals surface area contributed by atoms with E-state index < -0.39 is 0 Å². The molecule has 2 aliphatic rings. The fourth-order valence-electron chi connectivity index (χ4n) is 2.58. The molecule has 0 atom stereocenters. The van der Waals surface area contributed by atoms with Crippen LogP contribution < -0.4 is 5.32 Å². The average Bonchev–Trinajstić information content (AvgIpc) is 2.33. The molecule has 0 bridgehead atoms. The molecule has 2 rings (SSSR count). The molecule has 1 heterocycles. The fourth-order valence-corrected chi connectivity index (χ4v) is 2.58. The molecule has 17 heavy (non-hydrogen) atoms. The van der Waals surface area contributed by atoms with Gasteiger partial charge in [0.2, 0.25) is 0 Å². The van der Waals surface area contributed by atoms with Gasteiger partial charge in [-0.1, -0.05) is 13.8 Å². The summed E-state index contributed by atoms with van der Waals surface area (Å²) < 4.78 is 5.25. The van der Waals surface area contributed by atoms with E-state index in [4.69, 9.17) is 4.74 Å². The number of nitrogens with zero attached hydrogens (tertiary/aromatic N) is 1. The van der Waals surface area contributed by atoms with Crippen molar-refractivity contribution in [2.75, 3.05) is 26.3 Å². The van der Waals surface area contributed by atoms with Crippen LogP contribution in [0.2, 0.25) is 0 Å². The van der Waals surface area contributed by atoms with Crippen molar-refractivity contribution < 1.29 is 9.53 Å². The molecule has 2 amide bonds. The largest absolute Gasteiger partial charge is 0.378 e. The standard InChI is InChI=1S/C13H24N2O2/c1-13(2)5-3-11(4-6-13)14-12(16)15-7-9-17-10-8-15/h11H,3-10H2,1-2H3,(H,14,16). The van der Waals surface area contributed by atoms with Crippen LogP contribution in [-0.2, 0) is 4.74 Å². The SMILES string of the molecule is CC1(C)CCC(NC(=O)N2CCOCC2)CC1. The maximum atomic E-state index is 12.0. The zero-order chi connectivity index (χ0) is 12.3. The first kappa shape index (κ1) is 12.7. The molecule has 0 spiro atoms. The molecule has 1 saturated carbocycles. The van der Waals surface area contributed by atoms with Crippen LogP contribution in [0.4, 0.5) is 4.79 Å². The Morgan fingerprint density at radius 3 is 2.41 bits per heavy atom. The van der Waals surface area contributed by atoms with Gasteiger partial charge >= 0.3 is 6.03 Å². The number of ether oxygens (including phenoxy) is 1. The van der Waals surface area contributed by atoms with Gasteiger partial charge in [0, 0.05) is 19.1 Å². The van der Waals surface area contributed by atoms with Crippen LogP contribution in [0, 0.1) is 5.41 Å². The summed E-state index contributed by atoms with van der Waals surface area (Å²) in [6, 6.07) is 0.469. The van der Waals surface area contributed by atoms with Crippen molar-refractivity contribution >= 4 is 6.03 Å². The van der Waals surface area contributed by atoms with Gasteiger partial charge < -0.3 is 15.0 Å². The van der Waals surface area contributed by atoms with Gasteiger partial charge in [0.1, 0.15) is 0 Å². The van der Waals surface area contributed by atoms with Crippen LogP contribution in [-0.4, -0.2) is 43.3 Å². The predicted octanol–water partition coefficient (Wildman–Crippen LogP) is 2.00. The summed E-state index contributed by atoms with van der Waals surface area (Å²) in [4.78, 5) is 13.9. The normalized spacial score (nSPS) is 25.6. The van der Waals surface area contributed by atoms with Crippen molar-refractivity contribution in [2.45, 2.75) is 45.6 Å². The highest BCUT2D eigenvalue weighted by Crippen LogP contribution is 2.34. The summed E-state index contributed by atoms with van der Waals surface area (Å²) in [7, 11) is 0. The zero-order valence-corrected chi connectivity index (χ0v) is 11.0. The lowest BCUT2D eigenvalue weighted by molar-refractivity contribution is 0.0516. The summed E-state index contributed by atoms with van der Waals surface area (Å²) >= 11 is 0. The summed E-state index contributed by atoms with van der Waals surface area (Å²) in [5.74, 6) is 0. The number of hydrogen-bond donors (Lipinski definition) is 1. The first-order chi connectivity index (χ1) is 8.07. The highest BCUT2D eigenvalue weighted by molar-refractivity contribution is 5.74. The molecule has 1 aliphatic heterocycles. The van der Waals surface area contributed by atoms with E-state index in [2.05, 4.69) is 19.2 Å². The van der Waals surface area contributed by atoms with E-state index in [1.807, 2.05) is 4.90 Å². The number of carbonyl (C=O) groups excluding carboxylic acids is 1. The Morgan fingerprint density at radius 2 is 1.82 bits per heavy atom. The number of amides is 2. The summed E-state index contributed by atoms with van der Waals surface area (Å²) in [5, 5.41) is 3.16. The lowest BCUT2D eigenvalue weighted by atomic mass is 9.75. The maximum Gasteiger partial charge on any atom is 0.317 e. The van der Waals surface area contributed by atoms with E-state index in [-0.39, 0.29) is 6.03 Å². The molecule has 0 radical (unpaired) electrons. The van der Waals surface area contributed by atoms with Gasteiger partial charge in [0.25, 0.3) is 0 Å². The van der Waals surface area contributed by atoms with Crippen LogP contribution in [0.1, 0.15) is 39.5 Å². The Morgan fingerprint density at radius 1 is 1.24 bits per heavy atom. The van der Waals surface area contributed by atoms with Gasteiger partial charge in [0.15, 0.2) is 0 Å². The minimum Gasteiger partial charge on any atom is -0.378 e. The monoisotopic (exact) mass is 240 g/mol. The lowest BCUT2D eigenvalue weighted by Gasteiger charge is -2.36. The number of urea groups is 1. The van der Waals surface area contributed by atoms with Crippen LogP contribution in [0.3, 0.4) is 0 Å².